The smallest absolute Gasteiger partial charge is 0.279 e. The van der Waals surface area contributed by atoms with Crippen LogP contribution in [0.1, 0.15) is 23.0 Å². The number of hydrogen-bond acceptors (Lipinski definition) is 4. The Morgan fingerprint density at radius 1 is 1.17 bits per heavy atom. The molecule has 1 aromatic carbocycles. The van der Waals surface area contributed by atoms with Crippen LogP contribution < -0.4 is 4.90 Å². The van der Waals surface area contributed by atoms with Gasteiger partial charge in [-0.2, -0.15) is 0 Å². The molecule has 2 aromatic heterocycles. The van der Waals surface area contributed by atoms with E-state index in [9.17, 15) is 4.79 Å². The zero-order chi connectivity index (χ0) is 15.8. The number of anilines is 1. The van der Waals surface area contributed by atoms with Crippen LogP contribution in [0.15, 0.2) is 55.1 Å². The third-order valence-electron chi connectivity index (χ3n) is 4.06. The van der Waals surface area contributed by atoms with E-state index in [-0.39, 0.29) is 11.9 Å². The number of nitrogens with zero attached hydrogens (tertiary/aromatic N) is 5. The van der Waals surface area contributed by atoms with E-state index >= 15 is 0 Å². The first kappa shape index (κ1) is 13.6. The van der Waals surface area contributed by atoms with Gasteiger partial charge in [-0.15, -0.1) is 10.2 Å². The highest BCUT2D eigenvalue weighted by Gasteiger charge is 2.31. The molecule has 0 bridgehead atoms. The summed E-state index contributed by atoms with van der Waals surface area (Å²) in [5, 5.41) is 8.22. The Bertz CT molecular complexity index is 842. The van der Waals surface area contributed by atoms with E-state index in [0.29, 0.717) is 11.5 Å². The second-order valence-electron chi connectivity index (χ2n) is 5.60. The molecule has 1 atom stereocenters. The number of fused-ring (bicyclic) bond motifs is 1. The molecule has 114 valence electrons. The summed E-state index contributed by atoms with van der Waals surface area (Å²) >= 11 is 0. The van der Waals surface area contributed by atoms with E-state index in [4.69, 9.17) is 0 Å². The fourth-order valence-corrected chi connectivity index (χ4v) is 2.97. The Balaban J connectivity index is 1.65. The molecule has 3 aromatic rings. The predicted octanol–water partition coefficient (Wildman–Crippen LogP) is 2.25. The first-order chi connectivity index (χ1) is 11.2. The second kappa shape index (κ2) is 5.31. The largest absolute Gasteiger partial charge is 0.304 e. The maximum absolute atomic E-state index is 12.8. The number of amides is 1. The molecular formula is C17H15N5O. The van der Waals surface area contributed by atoms with Gasteiger partial charge in [0, 0.05) is 24.1 Å². The number of para-hydroxylation sites is 1. The SMILES string of the molecule is CC1Cc2ccccc2N1C(=O)c1ccc(-n2ccnc2)nn1. The first-order valence-electron chi connectivity index (χ1n) is 7.47. The molecule has 6 heteroatoms. The molecule has 4 rings (SSSR count). The van der Waals surface area contributed by atoms with Gasteiger partial charge in [-0.05, 0) is 37.1 Å². The van der Waals surface area contributed by atoms with Crippen molar-refractivity contribution in [1.29, 1.82) is 0 Å². The summed E-state index contributed by atoms with van der Waals surface area (Å²) in [6.07, 6.45) is 5.96. The minimum atomic E-state index is -0.118. The third kappa shape index (κ3) is 2.28. The monoisotopic (exact) mass is 305 g/mol. The van der Waals surface area contributed by atoms with Crippen LogP contribution in [0.4, 0.5) is 5.69 Å². The molecule has 6 nitrogen and oxygen atoms in total. The molecule has 3 heterocycles. The first-order valence-corrected chi connectivity index (χ1v) is 7.47. The standard InChI is InChI=1S/C17H15N5O/c1-12-10-13-4-2-3-5-15(13)22(12)17(23)14-6-7-16(20-19-14)21-9-8-18-11-21/h2-9,11-12H,10H2,1H3. The highest BCUT2D eigenvalue weighted by Crippen LogP contribution is 2.32. The van der Waals surface area contributed by atoms with E-state index in [1.165, 1.54) is 5.56 Å². The molecule has 23 heavy (non-hydrogen) atoms. The summed E-state index contributed by atoms with van der Waals surface area (Å²) in [4.78, 5) is 18.6. The lowest BCUT2D eigenvalue weighted by Gasteiger charge is -2.22. The van der Waals surface area contributed by atoms with Crippen molar-refractivity contribution in [2.24, 2.45) is 0 Å². The Morgan fingerprint density at radius 2 is 2.04 bits per heavy atom. The summed E-state index contributed by atoms with van der Waals surface area (Å²) in [6, 6.07) is 11.6. The van der Waals surface area contributed by atoms with Gasteiger partial charge < -0.3 is 4.90 Å². The number of benzene rings is 1. The zero-order valence-corrected chi connectivity index (χ0v) is 12.6. The molecule has 0 aliphatic carbocycles. The van der Waals surface area contributed by atoms with Crippen LogP contribution in [-0.2, 0) is 6.42 Å². The average molecular weight is 305 g/mol. The minimum Gasteiger partial charge on any atom is -0.304 e. The number of rotatable bonds is 2. The van der Waals surface area contributed by atoms with Gasteiger partial charge in [0.1, 0.15) is 6.33 Å². The van der Waals surface area contributed by atoms with Crippen LogP contribution in [0.5, 0.6) is 0 Å². The Hall–Kier alpha value is -3.02. The number of hydrogen-bond donors (Lipinski definition) is 0. The van der Waals surface area contributed by atoms with E-state index in [1.807, 2.05) is 25.1 Å². The lowest BCUT2D eigenvalue weighted by Crippen LogP contribution is -2.36. The molecular weight excluding hydrogens is 290 g/mol. The van der Waals surface area contributed by atoms with Gasteiger partial charge in [-0.25, -0.2) is 4.98 Å². The van der Waals surface area contributed by atoms with E-state index in [2.05, 4.69) is 21.2 Å². The van der Waals surface area contributed by atoms with Gasteiger partial charge in [0.25, 0.3) is 5.91 Å². The van der Waals surface area contributed by atoms with Crippen LogP contribution in [0.3, 0.4) is 0 Å². The molecule has 1 amide bonds. The number of carbonyl (C=O) groups is 1. The molecule has 1 unspecified atom stereocenters. The second-order valence-corrected chi connectivity index (χ2v) is 5.60. The zero-order valence-electron chi connectivity index (χ0n) is 12.6. The number of carbonyl (C=O) groups excluding carboxylic acids is 1. The summed E-state index contributed by atoms with van der Waals surface area (Å²) in [6.45, 7) is 2.05. The molecule has 1 aliphatic heterocycles. The minimum absolute atomic E-state index is 0.118. The maximum Gasteiger partial charge on any atom is 0.279 e. The van der Waals surface area contributed by atoms with Crippen LogP contribution in [0.2, 0.25) is 0 Å². The predicted molar refractivity (Wildman–Crippen MR) is 85.6 cm³/mol. The topological polar surface area (TPSA) is 63.9 Å². The molecule has 0 fully saturated rings. The molecule has 0 saturated heterocycles. The van der Waals surface area contributed by atoms with Gasteiger partial charge in [-0.1, -0.05) is 18.2 Å². The van der Waals surface area contributed by atoms with Crippen LogP contribution in [-0.4, -0.2) is 31.7 Å². The van der Waals surface area contributed by atoms with Crippen molar-refractivity contribution in [2.45, 2.75) is 19.4 Å². The molecule has 1 aliphatic rings. The summed E-state index contributed by atoms with van der Waals surface area (Å²) in [5.41, 5.74) is 2.50. The Kier molecular flexibility index (Phi) is 3.15. The van der Waals surface area contributed by atoms with Crippen LogP contribution >= 0.6 is 0 Å². The average Bonchev–Trinajstić information content (AvgIpc) is 3.21. The van der Waals surface area contributed by atoms with Gasteiger partial charge in [0.15, 0.2) is 11.5 Å². The summed E-state index contributed by atoms with van der Waals surface area (Å²) < 4.78 is 1.75. The van der Waals surface area contributed by atoms with E-state index < -0.39 is 0 Å². The van der Waals surface area contributed by atoms with Crippen LogP contribution in [0, 0.1) is 0 Å². The van der Waals surface area contributed by atoms with Gasteiger partial charge in [0.05, 0.1) is 0 Å². The Morgan fingerprint density at radius 3 is 2.78 bits per heavy atom. The van der Waals surface area contributed by atoms with Crippen molar-refractivity contribution in [1.82, 2.24) is 19.7 Å². The molecule has 0 N–H and O–H groups in total. The van der Waals surface area contributed by atoms with Crippen molar-refractivity contribution < 1.29 is 4.79 Å². The lowest BCUT2D eigenvalue weighted by atomic mass is 10.1. The van der Waals surface area contributed by atoms with E-state index in [1.54, 1.807) is 40.3 Å². The van der Waals surface area contributed by atoms with Crippen molar-refractivity contribution in [3.05, 3.63) is 66.4 Å². The van der Waals surface area contributed by atoms with E-state index in [0.717, 1.165) is 12.1 Å². The van der Waals surface area contributed by atoms with Gasteiger partial charge in [0.2, 0.25) is 0 Å². The molecule has 0 radical (unpaired) electrons. The molecule has 0 spiro atoms. The highest BCUT2D eigenvalue weighted by molar-refractivity contribution is 6.06. The van der Waals surface area contributed by atoms with Gasteiger partial charge >= 0.3 is 0 Å². The van der Waals surface area contributed by atoms with Crippen molar-refractivity contribution in [3.63, 3.8) is 0 Å². The van der Waals surface area contributed by atoms with Crippen molar-refractivity contribution in [2.75, 3.05) is 4.90 Å². The third-order valence-corrected chi connectivity index (χ3v) is 4.06. The van der Waals surface area contributed by atoms with Crippen LogP contribution in [0.25, 0.3) is 5.82 Å². The number of imidazole rings is 1. The quantitative estimate of drug-likeness (QED) is 0.728. The maximum atomic E-state index is 12.8. The highest BCUT2D eigenvalue weighted by atomic mass is 16.2. The molecule has 0 saturated carbocycles. The summed E-state index contributed by atoms with van der Waals surface area (Å²) in [7, 11) is 0. The fourth-order valence-electron chi connectivity index (χ4n) is 2.97. The summed E-state index contributed by atoms with van der Waals surface area (Å²) in [5.74, 6) is 0.515. The van der Waals surface area contributed by atoms with Crippen molar-refractivity contribution >= 4 is 11.6 Å². The van der Waals surface area contributed by atoms with Gasteiger partial charge in [-0.3, -0.25) is 9.36 Å². The number of aromatic nitrogens is 4. The van der Waals surface area contributed by atoms with Crippen molar-refractivity contribution in [3.8, 4) is 5.82 Å². The fraction of sp³-hybridized carbons (Fsp3) is 0.176. The lowest BCUT2D eigenvalue weighted by molar-refractivity contribution is 0.0975. The normalized spacial score (nSPS) is 16.4. The Labute approximate surface area is 133 Å².